The molecule has 1 amide bonds. The van der Waals surface area contributed by atoms with Crippen molar-refractivity contribution in [1.82, 2.24) is 10.0 Å². The molecule has 0 radical (unpaired) electrons. The Hall–Kier alpha value is -2.55. The lowest BCUT2D eigenvalue weighted by Crippen LogP contribution is -2.48. The summed E-state index contributed by atoms with van der Waals surface area (Å²) in [5.74, 6) is -0.840. The van der Waals surface area contributed by atoms with Crippen LogP contribution in [0.25, 0.3) is 0 Å². The van der Waals surface area contributed by atoms with Crippen molar-refractivity contribution in [3.63, 3.8) is 0 Å². The Morgan fingerprint density at radius 1 is 0.968 bits per heavy atom. The Balaban J connectivity index is 1.82. The van der Waals surface area contributed by atoms with Crippen molar-refractivity contribution in [3.8, 4) is 0 Å². The van der Waals surface area contributed by atoms with Crippen molar-refractivity contribution in [2.75, 3.05) is 0 Å². The lowest BCUT2D eigenvalue weighted by Gasteiger charge is -2.22. The lowest BCUT2D eigenvalue weighted by atomic mass is 10.0. The molecule has 0 aliphatic rings. The van der Waals surface area contributed by atoms with Gasteiger partial charge in [-0.1, -0.05) is 58.4 Å². The van der Waals surface area contributed by atoms with Gasteiger partial charge < -0.3 is 5.32 Å². The molecular weight excluding hydrogens is 483 g/mol. The van der Waals surface area contributed by atoms with Crippen LogP contribution in [0, 0.1) is 5.82 Å². The summed E-state index contributed by atoms with van der Waals surface area (Å²) in [6, 6.07) is 19.7. The summed E-state index contributed by atoms with van der Waals surface area (Å²) in [6.07, 6.45) is 0.179. The van der Waals surface area contributed by atoms with E-state index in [1.54, 1.807) is 31.2 Å². The Labute approximate surface area is 189 Å². The summed E-state index contributed by atoms with van der Waals surface area (Å²) in [5.41, 5.74) is 1.53. The molecular formula is C23H22BrFN2O3S. The second-order valence-corrected chi connectivity index (χ2v) is 9.73. The molecule has 2 N–H and O–H groups in total. The Morgan fingerprint density at radius 2 is 1.58 bits per heavy atom. The quantitative estimate of drug-likeness (QED) is 0.478. The van der Waals surface area contributed by atoms with Gasteiger partial charge in [-0.05, 0) is 60.9 Å². The number of amides is 1. The number of carbonyl (C=O) groups excluding carboxylic acids is 1. The van der Waals surface area contributed by atoms with Gasteiger partial charge in [0.2, 0.25) is 15.9 Å². The molecule has 0 heterocycles. The zero-order valence-electron chi connectivity index (χ0n) is 16.8. The fourth-order valence-corrected chi connectivity index (χ4v) is 4.52. The number of carbonyl (C=O) groups is 1. The number of hydrogen-bond donors (Lipinski definition) is 2. The molecule has 2 atom stereocenters. The second-order valence-electron chi connectivity index (χ2n) is 7.10. The molecule has 0 saturated carbocycles. The number of benzene rings is 3. The summed E-state index contributed by atoms with van der Waals surface area (Å²) in [6.45, 7) is 1.76. The normalized spacial score (nSPS) is 13.4. The zero-order valence-corrected chi connectivity index (χ0v) is 19.2. The lowest BCUT2D eigenvalue weighted by molar-refractivity contribution is -0.123. The molecule has 0 spiro atoms. The van der Waals surface area contributed by atoms with Crippen LogP contribution in [0.4, 0.5) is 4.39 Å². The van der Waals surface area contributed by atoms with E-state index in [0.29, 0.717) is 5.56 Å². The van der Waals surface area contributed by atoms with Crippen LogP contribution in [0.5, 0.6) is 0 Å². The van der Waals surface area contributed by atoms with E-state index in [1.807, 2.05) is 30.3 Å². The highest BCUT2D eigenvalue weighted by molar-refractivity contribution is 9.10. The largest absolute Gasteiger partial charge is 0.348 e. The first kappa shape index (κ1) is 23.1. The van der Waals surface area contributed by atoms with Crippen LogP contribution in [0.15, 0.2) is 88.2 Å². The predicted octanol–water partition coefficient (Wildman–Crippen LogP) is 4.36. The van der Waals surface area contributed by atoms with Gasteiger partial charge in [-0.3, -0.25) is 4.79 Å². The van der Waals surface area contributed by atoms with E-state index in [4.69, 9.17) is 0 Å². The predicted molar refractivity (Wildman–Crippen MR) is 121 cm³/mol. The third-order valence-electron chi connectivity index (χ3n) is 4.75. The standard InChI is InChI=1S/C23H22BrFN2O3S/c1-16(18-7-11-20(25)12-8-18)26-23(28)22(15-17-5-3-2-4-6-17)27-31(29,30)21-13-9-19(24)10-14-21/h2-14,16,22,27H,15H2,1H3,(H,26,28)/t16-,22-/m0/s1. The summed E-state index contributed by atoms with van der Waals surface area (Å²) in [4.78, 5) is 13.1. The van der Waals surface area contributed by atoms with Gasteiger partial charge in [-0.15, -0.1) is 0 Å². The van der Waals surface area contributed by atoms with Crippen LogP contribution in [-0.2, 0) is 21.2 Å². The van der Waals surface area contributed by atoms with Gasteiger partial charge in [0.15, 0.2) is 0 Å². The summed E-state index contributed by atoms with van der Waals surface area (Å²) in [7, 11) is -3.93. The minimum Gasteiger partial charge on any atom is -0.348 e. The van der Waals surface area contributed by atoms with E-state index in [-0.39, 0.29) is 17.1 Å². The molecule has 0 aliphatic carbocycles. The monoisotopic (exact) mass is 504 g/mol. The van der Waals surface area contributed by atoms with E-state index in [9.17, 15) is 17.6 Å². The Morgan fingerprint density at radius 3 is 2.19 bits per heavy atom. The molecule has 31 heavy (non-hydrogen) atoms. The average Bonchev–Trinajstić information content (AvgIpc) is 2.74. The van der Waals surface area contributed by atoms with Gasteiger partial charge in [-0.2, -0.15) is 4.72 Å². The van der Waals surface area contributed by atoms with Crippen LogP contribution >= 0.6 is 15.9 Å². The van der Waals surface area contributed by atoms with E-state index in [1.165, 1.54) is 24.3 Å². The van der Waals surface area contributed by atoms with Crippen LogP contribution in [0.2, 0.25) is 0 Å². The van der Waals surface area contributed by atoms with E-state index >= 15 is 0 Å². The number of nitrogens with one attached hydrogen (secondary N) is 2. The summed E-state index contributed by atoms with van der Waals surface area (Å²) >= 11 is 3.28. The molecule has 0 aliphatic heterocycles. The molecule has 0 aromatic heterocycles. The van der Waals surface area contributed by atoms with Gasteiger partial charge in [0.05, 0.1) is 10.9 Å². The number of sulfonamides is 1. The molecule has 3 aromatic carbocycles. The highest BCUT2D eigenvalue weighted by atomic mass is 79.9. The van der Waals surface area contributed by atoms with Crippen molar-refractivity contribution in [2.24, 2.45) is 0 Å². The molecule has 162 valence electrons. The minimum atomic E-state index is -3.93. The van der Waals surface area contributed by atoms with E-state index < -0.39 is 28.0 Å². The fourth-order valence-electron chi connectivity index (χ4n) is 3.06. The first-order valence-corrected chi connectivity index (χ1v) is 11.9. The molecule has 3 rings (SSSR count). The molecule has 5 nitrogen and oxygen atoms in total. The smallest absolute Gasteiger partial charge is 0.241 e. The van der Waals surface area contributed by atoms with Gasteiger partial charge in [0.1, 0.15) is 11.9 Å². The van der Waals surface area contributed by atoms with Crippen LogP contribution in [0.1, 0.15) is 24.1 Å². The maximum atomic E-state index is 13.2. The molecule has 0 bridgehead atoms. The fraction of sp³-hybridized carbons (Fsp3) is 0.174. The number of hydrogen-bond acceptors (Lipinski definition) is 3. The number of rotatable bonds is 8. The highest BCUT2D eigenvalue weighted by Crippen LogP contribution is 2.17. The molecule has 8 heteroatoms. The molecule has 0 fully saturated rings. The first-order valence-electron chi connectivity index (χ1n) is 9.62. The van der Waals surface area contributed by atoms with Crippen molar-refractivity contribution in [1.29, 1.82) is 0 Å². The molecule has 0 unspecified atom stereocenters. The third-order valence-corrected chi connectivity index (χ3v) is 6.77. The third kappa shape index (κ3) is 6.46. The van der Waals surface area contributed by atoms with E-state index in [0.717, 1.165) is 10.0 Å². The average molecular weight is 505 g/mol. The topological polar surface area (TPSA) is 75.3 Å². The van der Waals surface area contributed by atoms with Gasteiger partial charge in [0, 0.05) is 4.47 Å². The van der Waals surface area contributed by atoms with Crippen molar-refractivity contribution >= 4 is 31.9 Å². The zero-order chi connectivity index (χ0) is 22.4. The van der Waals surface area contributed by atoms with Crippen LogP contribution in [0.3, 0.4) is 0 Å². The Kier molecular flexibility index (Phi) is 7.59. The van der Waals surface area contributed by atoms with Crippen LogP contribution in [-0.4, -0.2) is 20.4 Å². The Bertz CT molecular complexity index is 1120. The van der Waals surface area contributed by atoms with Crippen molar-refractivity contribution < 1.29 is 17.6 Å². The summed E-state index contributed by atoms with van der Waals surface area (Å²) in [5, 5.41) is 2.82. The maximum Gasteiger partial charge on any atom is 0.241 e. The number of halogens is 2. The summed E-state index contributed by atoms with van der Waals surface area (Å²) < 4.78 is 42.3. The van der Waals surface area contributed by atoms with Gasteiger partial charge >= 0.3 is 0 Å². The van der Waals surface area contributed by atoms with Crippen molar-refractivity contribution in [3.05, 3.63) is 100 Å². The van der Waals surface area contributed by atoms with Gasteiger partial charge in [0.25, 0.3) is 0 Å². The SMILES string of the molecule is C[C@H](NC(=O)[C@H](Cc1ccccc1)NS(=O)(=O)c1ccc(Br)cc1)c1ccc(F)cc1. The molecule has 3 aromatic rings. The second kappa shape index (κ2) is 10.2. The van der Waals surface area contributed by atoms with Crippen LogP contribution < -0.4 is 10.0 Å². The molecule has 0 saturated heterocycles. The maximum absolute atomic E-state index is 13.2. The highest BCUT2D eigenvalue weighted by Gasteiger charge is 2.27. The van der Waals surface area contributed by atoms with Gasteiger partial charge in [-0.25, -0.2) is 12.8 Å². The first-order chi connectivity index (χ1) is 14.7. The van der Waals surface area contributed by atoms with E-state index in [2.05, 4.69) is 26.0 Å². The van der Waals surface area contributed by atoms with Crippen molar-refractivity contribution in [2.45, 2.75) is 30.3 Å². The minimum absolute atomic E-state index is 0.0631.